The standard InChI is InChI=1S/C23H18FN3O4/c1-31-18-5-4-15(11-17(18)24)21(28)19-20(16-3-2-8-26-12-16)27(23(30)22(19)29)13-14-6-9-25-10-7-14/h2-12,20,28H,13H2,1H3/t20-/m1/s1. The summed E-state index contributed by atoms with van der Waals surface area (Å²) >= 11 is 0. The van der Waals surface area contributed by atoms with Crippen molar-refractivity contribution < 1.29 is 23.8 Å². The molecule has 0 unspecified atom stereocenters. The van der Waals surface area contributed by atoms with Crippen LogP contribution in [0.5, 0.6) is 5.75 Å². The van der Waals surface area contributed by atoms with E-state index in [1.54, 1.807) is 42.9 Å². The number of amides is 1. The van der Waals surface area contributed by atoms with Gasteiger partial charge in [0.25, 0.3) is 11.7 Å². The molecule has 1 saturated heterocycles. The third-order valence-corrected chi connectivity index (χ3v) is 5.07. The Labute approximate surface area is 177 Å². The van der Waals surface area contributed by atoms with Gasteiger partial charge in [0, 0.05) is 36.9 Å². The Kier molecular flexibility index (Phi) is 5.44. The smallest absolute Gasteiger partial charge is 0.295 e. The van der Waals surface area contributed by atoms with Crippen molar-refractivity contribution in [3.8, 4) is 5.75 Å². The number of ketones is 1. The number of carbonyl (C=O) groups excluding carboxylic acids is 2. The molecule has 1 fully saturated rings. The number of carbonyl (C=O) groups is 2. The average Bonchev–Trinajstić information content (AvgIpc) is 3.04. The van der Waals surface area contributed by atoms with Crippen molar-refractivity contribution in [2.24, 2.45) is 0 Å². The van der Waals surface area contributed by atoms with Gasteiger partial charge >= 0.3 is 0 Å². The zero-order valence-electron chi connectivity index (χ0n) is 16.5. The molecule has 4 rings (SSSR count). The summed E-state index contributed by atoms with van der Waals surface area (Å²) < 4.78 is 19.1. The summed E-state index contributed by atoms with van der Waals surface area (Å²) in [7, 11) is 1.32. The van der Waals surface area contributed by atoms with Crippen LogP contribution in [0.2, 0.25) is 0 Å². The lowest BCUT2D eigenvalue weighted by atomic mass is 9.96. The van der Waals surface area contributed by atoms with Crippen molar-refractivity contribution in [3.63, 3.8) is 0 Å². The second-order valence-electron chi connectivity index (χ2n) is 6.92. The van der Waals surface area contributed by atoms with E-state index in [9.17, 15) is 19.1 Å². The van der Waals surface area contributed by atoms with E-state index in [0.717, 1.165) is 11.6 Å². The lowest BCUT2D eigenvalue weighted by Gasteiger charge is -2.25. The molecule has 1 aliphatic heterocycles. The lowest BCUT2D eigenvalue weighted by Crippen LogP contribution is -2.29. The molecule has 1 atom stereocenters. The summed E-state index contributed by atoms with van der Waals surface area (Å²) in [6, 6.07) is 9.80. The van der Waals surface area contributed by atoms with E-state index in [4.69, 9.17) is 4.74 Å². The summed E-state index contributed by atoms with van der Waals surface area (Å²) in [6.07, 6.45) is 6.27. The molecule has 3 heterocycles. The van der Waals surface area contributed by atoms with Crippen molar-refractivity contribution in [2.45, 2.75) is 12.6 Å². The van der Waals surface area contributed by atoms with Crippen molar-refractivity contribution in [1.82, 2.24) is 14.9 Å². The normalized spacial score (nSPS) is 17.7. The quantitative estimate of drug-likeness (QED) is 0.388. The third kappa shape index (κ3) is 3.75. The highest BCUT2D eigenvalue weighted by Gasteiger charge is 2.46. The predicted molar refractivity (Wildman–Crippen MR) is 109 cm³/mol. The number of benzene rings is 1. The van der Waals surface area contributed by atoms with E-state index in [1.807, 2.05) is 0 Å². The fourth-order valence-electron chi connectivity index (χ4n) is 3.58. The maximum absolute atomic E-state index is 14.2. The topological polar surface area (TPSA) is 92.6 Å². The molecule has 3 aromatic rings. The van der Waals surface area contributed by atoms with Crippen LogP contribution in [-0.4, -0.2) is 38.8 Å². The second-order valence-corrected chi connectivity index (χ2v) is 6.92. The Morgan fingerprint density at radius 3 is 2.55 bits per heavy atom. The van der Waals surface area contributed by atoms with Gasteiger partial charge in [-0.15, -0.1) is 0 Å². The van der Waals surface area contributed by atoms with Crippen molar-refractivity contribution in [2.75, 3.05) is 7.11 Å². The first-order valence-electron chi connectivity index (χ1n) is 9.42. The maximum Gasteiger partial charge on any atom is 0.295 e. The number of aliphatic hydroxyl groups excluding tert-OH is 1. The molecule has 156 valence electrons. The monoisotopic (exact) mass is 419 g/mol. The highest BCUT2D eigenvalue weighted by molar-refractivity contribution is 6.46. The molecule has 1 N–H and O–H groups in total. The Hall–Kier alpha value is -4.07. The first kappa shape index (κ1) is 20.2. The minimum atomic E-state index is -0.882. The largest absolute Gasteiger partial charge is 0.507 e. The van der Waals surface area contributed by atoms with Crippen LogP contribution in [0, 0.1) is 5.82 Å². The number of ether oxygens (including phenoxy) is 1. The number of aliphatic hydroxyl groups is 1. The first-order valence-corrected chi connectivity index (χ1v) is 9.42. The highest BCUT2D eigenvalue weighted by Crippen LogP contribution is 2.40. The molecule has 0 aliphatic carbocycles. The lowest BCUT2D eigenvalue weighted by molar-refractivity contribution is -0.140. The summed E-state index contributed by atoms with van der Waals surface area (Å²) in [4.78, 5) is 35.3. The number of hydrogen-bond donors (Lipinski definition) is 1. The molecule has 1 aliphatic rings. The van der Waals surface area contributed by atoms with Crippen LogP contribution >= 0.6 is 0 Å². The molecule has 31 heavy (non-hydrogen) atoms. The highest BCUT2D eigenvalue weighted by atomic mass is 19.1. The van der Waals surface area contributed by atoms with Crippen LogP contribution in [0.3, 0.4) is 0 Å². The molecular formula is C23H18FN3O4. The van der Waals surface area contributed by atoms with Gasteiger partial charge in [0.15, 0.2) is 11.6 Å². The van der Waals surface area contributed by atoms with E-state index in [0.29, 0.717) is 5.56 Å². The Morgan fingerprint density at radius 2 is 1.90 bits per heavy atom. The zero-order valence-corrected chi connectivity index (χ0v) is 16.5. The molecule has 1 aromatic carbocycles. The minimum absolute atomic E-state index is 0.00139. The minimum Gasteiger partial charge on any atom is -0.507 e. The van der Waals surface area contributed by atoms with Gasteiger partial charge in [-0.05, 0) is 47.5 Å². The number of aromatic nitrogens is 2. The van der Waals surface area contributed by atoms with Crippen molar-refractivity contribution in [1.29, 1.82) is 0 Å². The molecule has 0 spiro atoms. The van der Waals surface area contributed by atoms with Gasteiger partial charge < -0.3 is 14.7 Å². The molecule has 1 amide bonds. The molecule has 8 heteroatoms. The third-order valence-electron chi connectivity index (χ3n) is 5.07. The van der Waals surface area contributed by atoms with Gasteiger partial charge in [-0.25, -0.2) is 4.39 Å². The van der Waals surface area contributed by atoms with Gasteiger partial charge in [-0.1, -0.05) is 6.07 Å². The van der Waals surface area contributed by atoms with E-state index in [-0.39, 0.29) is 23.4 Å². The molecule has 0 bridgehead atoms. The fraction of sp³-hybridized carbons (Fsp3) is 0.130. The number of pyridine rings is 2. The fourth-order valence-corrected chi connectivity index (χ4v) is 3.58. The first-order chi connectivity index (χ1) is 15.0. The Balaban J connectivity index is 1.85. The van der Waals surface area contributed by atoms with Crippen LogP contribution in [0.4, 0.5) is 4.39 Å². The zero-order chi connectivity index (χ0) is 22.0. The Bertz CT molecular complexity index is 1170. The summed E-state index contributed by atoms with van der Waals surface area (Å²) in [5, 5.41) is 11.0. The van der Waals surface area contributed by atoms with E-state index in [2.05, 4.69) is 9.97 Å². The van der Waals surface area contributed by atoms with E-state index in [1.165, 1.54) is 30.3 Å². The van der Waals surface area contributed by atoms with Crippen LogP contribution in [0.25, 0.3) is 5.76 Å². The van der Waals surface area contributed by atoms with Crippen LogP contribution in [0.15, 0.2) is 72.8 Å². The van der Waals surface area contributed by atoms with Crippen LogP contribution in [0.1, 0.15) is 22.7 Å². The van der Waals surface area contributed by atoms with E-state index >= 15 is 0 Å². The molecule has 0 radical (unpaired) electrons. The van der Waals surface area contributed by atoms with Crippen LogP contribution in [-0.2, 0) is 16.1 Å². The number of hydrogen-bond acceptors (Lipinski definition) is 6. The number of halogens is 1. The average molecular weight is 419 g/mol. The number of rotatable bonds is 5. The number of nitrogens with zero attached hydrogens (tertiary/aromatic N) is 3. The second kappa shape index (κ2) is 8.35. The van der Waals surface area contributed by atoms with Crippen molar-refractivity contribution in [3.05, 3.63) is 95.3 Å². The summed E-state index contributed by atoms with van der Waals surface area (Å²) in [5.74, 6) is -2.78. The molecular weight excluding hydrogens is 401 g/mol. The number of Topliss-reactive ketones (excluding diaryl/α,β-unsaturated/α-hetero) is 1. The summed E-state index contributed by atoms with van der Waals surface area (Å²) in [5.41, 5.74) is 1.25. The predicted octanol–water partition coefficient (Wildman–Crippen LogP) is 3.25. The van der Waals surface area contributed by atoms with Crippen molar-refractivity contribution >= 4 is 17.4 Å². The van der Waals surface area contributed by atoms with Gasteiger partial charge in [-0.3, -0.25) is 19.6 Å². The van der Waals surface area contributed by atoms with E-state index < -0.39 is 29.3 Å². The number of likely N-dealkylation sites (tertiary alicyclic amines) is 1. The van der Waals surface area contributed by atoms with Gasteiger partial charge in [0.2, 0.25) is 0 Å². The van der Waals surface area contributed by atoms with Gasteiger partial charge in [-0.2, -0.15) is 0 Å². The molecule has 2 aromatic heterocycles. The summed E-state index contributed by atoms with van der Waals surface area (Å²) in [6.45, 7) is 0.125. The SMILES string of the molecule is COc1ccc(C(O)=C2C(=O)C(=O)N(Cc3ccncc3)[C@@H]2c2cccnc2)cc1F. The molecule has 0 saturated carbocycles. The van der Waals surface area contributed by atoms with Crippen LogP contribution < -0.4 is 4.74 Å². The number of methoxy groups -OCH3 is 1. The van der Waals surface area contributed by atoms with Gasteiger partial charge in [0.05, 0.1) is 18.7 Å². The Morgan fingerprint density at radius 1 is 1.13 bits per heavy atom. The molecule has 7 nitrogen and oxygen atoms in total. The van der Waals surface area contributed by atoms with Gasteiger partial charge in [0.1, 0.15) is 5.76 Å². The maximum atomic E-state index is 14.2.